The van der Waals surface area contributed by atoms with Gasteiger partial charge in [-0.05, 0) is 35.4 Å². The fourth-order valence-electron chi connectivity index (χ4n) is 2.05. The zero-order valence-electron chi connectivity index (χ0n) is 9.68. The third-order valence-corrected chi connectivity index (χ3v) is 3.64. The van der Waals surface area contributed by atoms with Crippen molar-refractivity contribution >= 4 is 28.7 Å². The minimum absolute atomic E-state index is 0.393. The van der Waals surface area contributed by atoms with Crippen LogP contribution in [0.5, 0.6) is 0 Å². The third-order valence-electron chi connectivity index (χ3n) is 2.88. The van der Waals surface area contributed by atoms with E-state index >= 15 is 0 Å². The second kappa shape index (κ2) is 5.12. The summed E-state index contributed by atoms with van der Waals surface area (Å²) in [6.45, 7) is 0.541. The molecule has 1 atom stereocenters. The minimum atomic E-state index is -0.513. The predicted octanol–water partition coefficient (Wildman–Crippen LogP) is 0.502. The van der Waals surface area contributed by atoms with E-state index < -0.39 is 23.5 Å². The van der Waals surface area contributed by atoms with Crippen molar-refractivity contribution in [1.82, 2.24) is 14.5 Å². The Kier molecular flexibility index (Phi) is 3.73. The molecule has 1 aliphatic heterocycles. The number of aromatic nitrogens is 2. The van der Waals surface area contributed by atoms with Crippen LogP contribution in [-0.2, 0) is 4.74 Å². The Labute approximate surface area is 116 Å². The number of halogens is 1. The predicted molar refractivity (Wildman–Crippen MR) is 71.4 cm³/mol. The average molecular weight is 365 g/mol. The molecule has 0 bridgehead atoms. The molecule has 7 nitrogen and oxygen atoms in total. The normalized spacial score (nSPS) is 19.0. The van der Waals surface area contributed by atoms with E-state index in [1.54, 1.807) is 0 Å². The van der Waals surface area contributed by atoms with Crippen molar-refractivity contribution in [1.29, 1.82) is 0 Å². The van der Waals surface area contributed by atoms with Gasteiger partial charge in [-0.25, -0.2) is 9.59 Å². The number of rotatable bonds is 1. The van der Waals surface area contributed by atoms with Crippen LogP contribution in [0.15, 0.2) is 15.8 Å². The summed E-state index contributed by atoms with van der Waals surface area (Å²) in [5, 5.41) is 0. The van der Waals surface area contributed by atoms with Gasteiger partial charge in [0.2, 0.25) is 0 Å². The molecule has 1 aromatic rings. The van der Waals surface area contributed by atoms with Crippen molar-refractivity contribution in [3.8, 4) is 0 Å². The summed E-state index contributed by atoms with van der Waals surface area (Å²) < 4.78 is 6.45. The Balaban J connectivity index is 2.42. The molecule has 0 radical (unpaired) electrons. The third kappa shape index (κ3) is 2.28. The van der Waals surface area contributed by atoms with Gasteiger partial charge >= 0.3 is 11.8 Å². The number of nitrogens with zero attached hydrogens (tertiary/aromatic N) is 2. The van der Waals surface area contributed by atoms with Gasteiger partial charge in [0.25, 0.3) is 5.56 Å². The van der Waals surface area contributed by atoms with Crippen LogP contribution >= 0.6 is 22.6 Å². The standard InChI is InChI=1S/C10H12IN3O4/c1-18-10(17)13-4-2-3-7(13)14-5-6(11)8(15)12-9(14)16/h5,7H,2-4H2,1H3,(H,12,15,16)/t7-/m0/s1. The van der Waals surface area contributed by atoms with Crippen LogP contribution in [0.2, 0.25) is 0 Å². The molecule has 0 saturated carbocycles. The number of ether oxygens (including phenoxy) is 1. The van der Waals surface area contributed by atoms with E-state index in [9.17, 15) is 14.4 Å². The van der Waals surface area contributed by atoms with Gasteiger partial charge in [-0.15, -0.1) is 0 Å². The van der Waals surface area contributed by atoms with E-state index in [1.165, 1.54) is 22.8 Å². The molecule has 2 heterocycles. The Morgan fingerprint density at radius 2 is 2.28 bits per heavy atom. The zero-order valence-corrected chi connectivity index (χ0v) is 11.8. The molecular weight excluding hydrogens is 353 g/mol. The van der Waals surface area contributed by atoms with E-state index in [-0.39, 0.29) is 0 Å². The van der Waals surface area contributed by atoms with Crippen LogP contribution in [0.1, 0.15) is 19.0 Å². The maximum absolute atomic E-state index is 11.8. The summed E-state index contributed by atoms with van der Waals surface area (Å²) in [5.41, 5.74) is -0.930. The van der Waals surface area contributed by atoms with Gasteiger partial charge in [0.1, 0.15) is 6.17 Å². The molecule has 0 aliphatic carbocycles. The molecule has 1 fully saturated rings. The highest BCUT2D eigenvalue weighted by Crippen LogP contribution is 2.26. The smallest absolute Gasteiger partial charge is 0.411 e. The molecule has 1 aromatic heterocycles. The highest BCUT2D eigenvalue weighted by molar-refractivity contribution is 14.1. The molecule has 18 heavy (non-hydrogen) atoms. The highest BCUT2D eigenvalue weighted by Gasteiger charge is 2.31. The molecule has 0 unspecified atom stereocenters. The molecule has 1 N–H and O–H groups in total. The van der Waals surface area contributed by atoms with E-state index in [0.29, 0.717) is 16.5 Å². The Bertz CT molecular complexity index is 579. The molecular formula is C10H12IN3O4. The Morgan fingerprint density at radius 1 is 1.56 bits per heavy atom. The number of likely N-dealkylation sites (tertiary alicyclic amines) is 1. The van der Waals surface area contributed by atoms with Crippen LogP contribution in [0.25, 0.3) is 0 Å². The van der Waals surface area contributed by atoms with Crippen LogP contribution in [-0.4, -0.2) is 34.2 Å². The van der Waals surface area contributed by atoms with E-state index in [0.717, 1.165) is 6.42 Å². The van der Waals surface area contributed by atoms with E-state index in [1.807, 2.05) is 22.6 Å². The summed E-state index contributed by atoms with van der Waals surface area (Å²) in [4.78, 5) is 38.3. The number of hydrogen-bond acceptors (Lipinski definition) is 4. The molecule has 2 rings (SSSR count). The van der Waals surface area contributed by atoms with Gasteiger partial charge in [0.05, 0.1) is 10.7 Å². The molecule has 1 amide bonds. The molecule has 0 aromatic carbocycles. The zero-order chi connectivity index (χ0) is 13.3. The van der Waals surface area contributed by atoms with Crippen molar-refractivity contribution in [3.63, 3.8) is 0 Å². The molecule has 1 aliphatic rings. The first-order valence-corrected chi connectivity index (χ1v) is 6.48. The Morgan fingerprint density at radius 3 is 2.94 bits per heavy atom. The maximum atomic E-state index is 11.8. The van der Waals surface area contributed by atoms with Gasteiger partial charge in [-0.1, -0.05) is 0 Å². The largest absolute Gasteiger partial charge is 0.453 e. The number of aromatic amines is 1. The van der Waals surface area contributed by atoms with Crippen molar-refractivity contribution in [3.05, 3.63) is 30.6 Å². The quantitative estimate of drug-likeness (QED) is 0.735. The van der Waals surface area contributed by atoms with Crippen LogP contribution < -0.4 is 11.2 Å². The van der Waals surface area contributed by atoms with Crippen molar-refractivity contribution < 1.29 is 9.53 Å². The van der Waals surface area contributed by atoms with Gasteiger partial charge in [-0.3, -0.25) is 19.2 Å². The number of H-pyrrole nitrogens is 1. The first kappa shape index (κ1) is 13.1. The van der Waals surface area contributed by atoms with Gasteiger partial charge in [-0.2, -0.15) is 0 Å². The number of hydrogen-bond donors (Lipinski definition) is 1. The van der Waals surface area contributed by atoms with Crippen LogP contribution in [0.3, 0.4) is 0 Å². The fourth-order valence-corrected chi connectivity index (χ4v) is 2.49. The first-order valence-electron chi connectivity index (χ1n) is 5.40. The fraction of sp³-hybridized carbons (Fsp3) is 0.500. The summed E-state index contributed by atoms with van der Waals surface area (Å²) in [5.74, 6) is 0. The second-order valence-electron chi connectivity index (χ2n) is 3.93. The van der Waals surface area contributed by atoms with Gasteiger partial charge < -0.3 is 4.74 Å². The number of methoxy groups -OCH3 is 1. The van der Waals surface area contributed by atoms with Gasteiger partial charge in [0, 0.05) is 12.7 Å². The lowest BCUT2D eigenvalue weighted by atomic mass is 10.3. The second-order valence-corrected chi connectivity index (χ2v) is 5.09. The van der Waals surface area contributed by atoms with Gasteiger partial charge in [0.15, 0.2) is 0 Å². The molecule has 0 spiro atoms. The van der Waals surface area contributed by atoms with E-state index in [4.69, 9.17) is 0 Å². The minimum Gasteiger partial charge on any atom is -0.453 e. The summed E-state index contributed by atoms with van der Waals surface area (Å²) in [6.07, 6.45) is 2.06. The SMILES string of the molecule is COC(=O)N1CCC[C@@H]1n1cc(I)c(=O)[nH]c1=O. The number of carbonyl (C=O) groups is 1. The lowest BCUT2D eigenvalue weighted by Gasteiger charge is -2.24. The van der Waals surface area contributed by atoms with Crippen molar-refractivity contribution in [2.45, 2.75) is 19.0 Å². The lowest BCUT2D eigenvalue weighted by Crippen LogP contribution is -2.40. The number of amides is 1. The highest BCUT2D eigenvalue weighted by atomic mass is 127. The molecule has 98 valence electrons. The topological polar surface area (TPSA) is 84.4 Å². The lowest BCUT2D eigenvalue weighted by molar-refractivity contribution is 0.103. The van der Waals surface area contributed by atoms with Crippen LogP contribution in [0, 0.1) is 3.57 Å². The van der Waals surface area contributed by atoms with Crippen molar-refractivity contribution in [2.75, 3.05) is 13.7 Å². The summed E-state index contributed by atoms with van der Waals surface area (Å²) >= 11 is 1.85. The Hall–Kier alpha value is -1.32. The van der Waals surface area contributed by atoms with Crippen molar-refractivity contribution in [2.24, 2.45) is 0 Å². The maximum Gasteiger partial charge on any atom is 0.411 e. The summed E-state index contributed by atoms with van der Waals surface area (Å²) in [7, 11) is 1.30. The summed E-state index contributed by atoms with van der Waals surface area (Å²) in [6, 6.07) is 0. The van der Waals surface area contributed by atoms with Crippen LogP contribution in [0.4, 0.5) is 4.79 Å². The van der Waals surface area contributed by atoms with E-state index in [2.05, 4.69) is 9.72 Å². The molecule has 8 heteroatoms. The number of carbonyl (C=O) groups excluding carboxylic acids is 1. The number of nitrogens with one attached hydrogen (secondary N) is 1. The first-order chi connectivity index (χ1) is 8.54. The average Bonchev–Trinajstić information content (AvgIpc) is 2.81. The monoisotopic (exact) mass is 365 g/mol. The molecule has 1 saturated heterocycles.